The lowest BCUT2D eigenvalue weighted by Gasteiger charge is -2.22. The van der Waals surface area contributed by atoms with Gasteiger partial charge in [0.05, 0.1) is 34.4 Å². The highest BCUT2D eigenvalue weighted by molar-refractivity contribution is 6.44. The van der Waals surface area contributed by atoms with Gasteiger partial charge in [0, 0.05) is 12.6 Å². The molecule has 26 heavy (non-hydrogen) atoms. The van der Waals surface area contributed by atoms with Crippen molar-refractivity contribution in [3.8, 4) is 5.75 Å². The van der Waals surface area contributed by atoms with Crippen LogP contribution in [0.3, 0.4) is 0 Å². The molecule has 138 valence electrons. The van der Waals surface area contributed by atoms with Gasteiger partial charge >= 0.3 is 0 Å². The topological polar surface area (TPSA) is 41.6 Å². The van der Waals surface area contributed by atoms with Crippen LogP contribution in [0.1, 0.15) is 18.4 Å². The molecule has 2 aromatic carbocycles. The van der Waals surface area contributed by atoms with E-state index in [-0.39, 0.29) is 12.5 Å². The van der Waals surface area contributed by atoms with Crippen molar-refractivity contribution in [2.45, 2.75) is 25.4 Å². The molecular weight excluding hydrogens is 395 g/mol. The van der Waals surface area contributed by atoms with Crippen LogP contribution in [0.15, 0.2) is 36.4 Å². The summed E-state index contributed by atoms with van der Waals surface area (Å²) in [4.78, 5) is 14.7. The summed E-state index contributed by atoms with van der Waals surface area (Å²) in [5.74, 6) is 0.685. The number of amides is 1. The van der Waals surface area contributed by atoms with E-state index < -0.39 is 0 Å². The molecular formula is C19H19Cl3N2O2. The highest BCUT2D eigenvalue weighted by atomic mass is 35.5. The summed E-state index contributed by atoms with van der Waals surface area (Å²) in [6.07, 6.45) is 2.22. The van der Waals surface area contributed by atoms with Crippen molar-refractivity contribution < 1.29 is 9.53 Å². The van der Waals surface area contributed by atoms with E-state index in [4.69, 9.17) is 39.5 Å². The van der Waals surface area contributed by atoms with Gasteiger partial charge < -0.3 is 10.1 Å². The lowest BCUT2D eigenvalue weighted by atomic mass is 10.2. The maximum atomic E-state index is 12.5. The van der Waals surface area contributed by atoms with Crippen molar-refractivity contribution in [3.63, 3.8) is 0 Å². The number of carbonyl (C=O) groups excluding carboxylic acids is 1. The van der Waals surface area contributed by atoms with Crippen LogP contribution in [0, 0.1) is 0 Å². The smallest absolute Gasteiger partial charge is 0.238 e. The first-order valence-corrected chi connectivity index (χ1v) is 9.41. The molecule has 0 spiro atoms. The largest absolute Gasteiger partial charge is 0.497 e. The van der Waals surface area contributed by atoms with Crippen molar-refractivity contribution in [1.29, 1.82) is 0 Å². The normalized spacial score (nSPS) is 13.7. The summed E-state index contributed by atoms with van der Waals surface area (Å²) in [6, 6.07) is 11.4. The van der Waals surface area contributed by atoms with Gasteiger partial charge in [-0.15, -0.1) is 0 Å². The Kier molecular flexibility index (Phi) is 6.30. The molecule has 2 aromatic rings. The zero-order valence-electron chi connectivity index (χ0n) is 14.3. The molecule has 0 heterocycles. The van der Waals surface area contributed by atoms with Gasteiger partial charge in [0.25, 0.3) is 0 Å². The Labute approximate surface area is 168 Å². The van der Waals surface area contributed by atoms with Gasteiger partial charge in [-0.05, 0) is 42.7 Å². The first-order valence-electron chi connectivity index (χ1n) is 8.27. The lowest BCUT2D eigenvalue weighted by Crippen LogP contribution is -2.34. The van der Waals surface area contributed by atoms with E-state index in [9.17, 15) is 4.79 Å². The molecule has 1 aliphatic rings. The minimum absolute atomic E-state index is 0.134. The molecule has 1 aliphatic carbocycles. The minimum Gasteiger partial charge on any atom is -0.497 e. The fourth-order valence-electron chi connectivity index (χ4n) is 2.71. The SMILES string of the molecule is COc1ccc(CN(CC(=O)Nc2cc(Cl)c(Cl)cc2Cl)C2CC2)cc1. The highest BCUT2D eigenvalue weighted by Gasteiger charge is 2.30. The zero-order chi connectivity index (χ0) is 18.7. The van der Waals surface area contributed by atoms with Gasteiger partial charge in [-0.2, -0.15) is 0 Å². The quantitative estimate of drug-likeness (QED) is 0.630. The molecule has 0 radical (unpaired) electrons. The van der Waals surface area contributed by atoms with Crippen LogP contribution in [-0.4, -0.2) is 30.5 Å². The number of halogens is 3. The maximum absolute atomic E-state index is 12.5. The van der Waals surface area contributed by atoms with Crippen LogP contribution in [0.2, 0.25) is 15.1 Å². The van der Waals surface area contributed by atoms with Gasteiger partial charge in [0.15, 0.2) is 0 Å². The van der Waals surface area contributed by atoms with Gasteiger partial charge in [-0.3, -0.25) is 9.69 Å². The van der Waals surface area contributed by atoms with Crippen molar-refractivity contribution in [2.75, 3.05) is 19.0 Å². The number of anilines is 1. The predicted molar refractivity (Wildman–Crippen MR) is 107 cm³/mol. The molecule has 3 rings (SSSR count). The summed E-state index contributed by atoms with van der Waals surface area (Å²) in [6.45, 7) is 0.991. The third-order valence-electron chi connectivity index (χ3n) is 4.24. The highest BCUT2D eigenvalue weighted by Crippen LogP contribution is 2.33. The summed E-state index contributed by atoms with van der Waals surface area (Å²) < 4.78 is 5.18. The molecule has 0 atom stereocenters. The van der Waals surface area contributed by atoms with E-state index in [1.807, 2.05) is 24.3 Å². The maximum Gasteiger partial charge on any atom is 0.238 e. The van der Waals surface area contributed by atoms with Crippen LogP contribution in [-0.2, 0) is 11.3 Å². The molecule has 1 fully saturated rings. The Morgan fingerprint density at radius 2 is 1.77 bits per heavy atom. The minimum atomic E-state index is -0.134. The fraction of sp³-hybridized carbons (Fsp3) is 0.316. The summed E-state index contributed by atoms with van der Waals surface area (Å²) in [7, 11) is 1.64. The first-order chi connectivity index (χ1) is 12.5. The summed E-state index contributed by atoms with van der Waals surface area (Å²) in [5.41, 5.74) is 1.60. The molecule has 0 aromatic heterocycles. The molecule has 1 N–H and O–H groups in total. The monoisotopic (exact) mass is 412 g/mol. The van der Waals surface area contributed by atoms with Gasteiger partial charge in [0.2, 0.25) is 5.91 Å². The van der Waals surface area contributed by atoms with Crippen LogP contribution in [0.5, 0.6) is 5.75 Å². The molecule has 0 saturated heterocycles. The van der Waals surface area contributed by atoms with E-state index in [2.05, 4.69) is 10.2 Å². The summed E-state index contributed by atoms with van der Waals surface area (Å²) in [5, 5.41) is 3.89. The Bertz CT molecular complexity index is 792. The van der Waals surface area contributed by atoms with Crippen LogP contribution in [0.25, 0.3) is 0 Å². The second-order valence-corrected chi connectivity index (χ2v) is 7.50. The Morgan fingerprint density at radius 3 is 2.38 bits per heavy atom. The third kappa shape index (κ3) is 5.04. The third-order valence-corrected chi connectivity index (χ3v) is 5.27. The fourth-order valence-corrected chi connectivity index (χ4v) is 3.31. The molecule has 0 unspecified atom stereocenters. The van der Waals surface area contributed by atoms with Gasteiger partial charge in [-0.25, -0.2) is 0 Å². The predicted octanol–water partition coefficient (Wildman–Crippen LogP) is 5.26. The number of carbonyl (C=O) groups is 1. The first kappa shape index (κ1) is 19.3. The molecule has 1 amide bonds. The van der Waals surface area contributed by atoms with Gasteiger partial charge in [0.1, 0.15) is 5.75 Å². The second-order valence-electron chi connectivity index (χ2n) is 6.28. The van der Waals surface area contributed by atoms with Crippen LogP contribution in [0.4, 0.5) is 5.69 Å². The van der Waals surface area contributed by atoms with Gasteiger partial charge in [-0.1, -0.05) is 46.9 Å². The van der Waals surface area contributed by atoms with Crippen molar-refractivity contribution in [1.82, 2.24) is 4.90 Å². The Hall–Kier alpha value is -1.46. The average Bonchev–Trinajstić information content (AvgIpc) is 3.45. The number of benzene rings is 2. The molecule has 0 aliphatic heterocycles. The number of nitrogens with one attached hydrogen (secondary N) is 1. The second kappa shape index (κ2) is 8.49. The van der Waals surface area contributed by atoms with E-state index >= 15 is 0 Å². The molecule has 7 heteroatoms. The standard InChI is InChI=1S/C19H19Cl3N2O2/c1-26-14-6-2-12(3-7-14)10-24(13-4-5-13)11-19(25)23-18-9-16(21)15(20)8-17(18)22/h2-3,6-9,13H,4-5,10-11H2,1H3,(H,23,25). The van der Waals surface area contributed by atoms with Crippen molar-refractivity contribution >= 4 is 46.4 Å². The summed E-state index contributed by atoms with van der Waals surface area (Å²) >= 11 is 18.1. The van der Waals surface area contributed by atoms with Crippen molar-refractivity contribution in [2.24, 2.45) is 0 Å². The number of nitrogens with zero attached hydrogens (tertiary/aromatic N) is 1. The number of methoxy groups -OCH3 is 1. The number of hydrogen-bond acceptors (Lipinski definition) is 3. The molecule has 0 bridgehead atoms. The lowest BCUT2D eigenvalue weighted by molar-refractivity contribution is -0.117. The van der Waals surface area contributed by atoms with E-state index in [1.54, 1.807) is 13.2 Å². The molecule has 1 saturated carbocycles. The van der Waals surface area contributed by atoms with E-state index in [1.165, 1.54) is 6.07 Å². The Balaban J connectivity index is 1.64. The van der Waals surface area contributed by atoms with E-state index in [0.29, 0.717) is 33.3 Å². The van der Waals surface area contributed by atoms with Crippen molar-refractivity contribution in [3.05, 3.63) is 57.0 Å². The van der Waals surface area contributed by atoms with Crippen LogP contribution < -0.4 is 10.1 Å². The Morgan fingerprint density at radius 1 is 1.12 bits per heavy atom. The zero-order valence-corrected chi connectivity index (χ0v) is 16.5. The molecule has 4 nitrogen and oxygen atoms in total. The number of ether oxygens (including phenoxy) is 1. The number of rotatable bonds is 7. The van der Waals surface area contributed by atoms with Crippen LogP contribution >= 0.6 is 34.8 Å². The average molecular weight is 414 g/mol. The van der Waals surface area contributed by atoms with E-state index in [0.717, 1.165) is 24.2 Å². The number of hydrogen-bond donors (Lipinski definition) is 1.